The number of hydrogen-bond acceptors (Lipinski definition) is 6. The average Bonchev–Trinajstić information content (AvgIpc) is 2.74. The van der Waals surface area contributed by atoms with Gasteiger partial charge in [-0.1, -0.05) is 23.2 Å². The van der Waals surface area contributed by atoms with Crippen molar-refractivity contribution >= 4 is 66.3 Å². The van der Waals surface area contributed by atoms with Crippen molar-refractivity contribution in [3.8, 4) is 0 Å². The summed E-state index contributed by atoms with van der Waals surface area (Å²) in [5.74, 6) is -2.15. The van der Waals surface area contributed by atoms with Gasteiger partial charge in [0, 0.05) is 11.4 Å². The Morgan fingerprint density at radius 3 is 1.65 bits per heavy atom. The van der Waals surface area contributed by atoms with E-state index < -0.39 is 31.7 Å². The third-order valence-corrected chi connectivity index (χ3v) is 7.54. The molecule has 34 heavy (non-hydrogen) atoms. The Balaban J connectivity index is 1.82. The standard InChI is InChI=1S/C21H16Cl2N2O7S2/c1-33(29,30)25-13-4-8-15(9-5-13)34(31,32)14-6-2-12(3-7-14)24-20(26)16-10-18(22)19(23)11-17(16)21(27)28/h2-11,25H,1H3,(H,24,26)(H,27,28). The first-order valence-corrected chi connectivity index (χ1v) is 13.4. The van der Waals surface area contributed by atoms with Crippen LogP contribution in [0.3, 0.4) is 0 Å². The lowest BCUT2D eigenvalue weighted by atomic mass is 10.1. The van der Waals surface area contributed by atoms with Gasteiger partial charge in [0.05, 0.1) is 37.2 Å². The van der Waals surface area contributed by atoms with Gasteiger partial charge in [-0.3, -0.25) is 9.52 Å². The molecule has 9 nitrogen and oxygen atoms in total. The highest BCUT2D eigenvalue weighted by molar-refractivity contribution is 7.92. The van der Waals surface area contributed by atoms with Gasteiger partial charge in [-0.2, -0.15) is 0 Å². The fourth-order valence-electron chi connectivity index (χ4n) is 2.88. The first kappa shape index (κ1) is 25.5. The molecule has 0 atom stereocenters. The lowest BCUT2D eigenvalue weighted by Crippen LogP contribution is -2.16. The Hall–Kier alpha value is -3.12. The fourth-order valence-corrected chi connectivity index (χ4v) is 5.03. The maximum atomic E-state index is 12.9. The third kappa shape index (κ3) is 5.86. The second-order valence-corrected chi connectivity index (χ2v) is 11.5. The molecule has 0 unspecified atom stereocenters. The molecule has 3 aromatic carbocycles. The number of carboxylic acid groups (broad SMARTS) is 1. The van der Waals surface area contributed by atoms with Gasteiger partial charge in [-0.05, 0) is 60.7 Å². The van der Waals surface area contributed by atoms with Crippen LogP contribution in [0, 0.1) is 0 Å². The molecule has 0 saturated heterocycles. The number of sulfonamides is 1. The first-order chi connectivity index (χ1) is 15.8. The van der Waals surface area contributed by atoms with Gasteiger partial charge in [-0.15, -0.1) is 0 Å². The summed E-state index contributed by atoms with van der Waals surface area (Å²) in [6.07, 6.45) is 0.974. The molecule has 13 heteroatoms. The Bertz CT molecular complexity index is 1490. The summed E-state index contributed by atoms with van der Waals surface area (Å²) in [5.41, 5.74) is -0.150. The van der Waals surface area contributed by atoms with Crippen molar-refractivity contribution in [2.24, 2.45) is 0 Å². The van der Waals surface area contributed by atoms with Crippen molar-refractivity contribution in [1.82, 2.24) is 0 Å². The van der Waals surface area contributed by atoms with Gasteiger partial charge in [0.1, 0.15) is 0 Å². The number of carbonyl (C=O) groups excluding carboxylic acids is 1. The van der Waals surface area contributed by atoms with Crippen molar-refractivity contribution in [3.05, 3.63) is 81.8 Å². The highest BCUT2D eigenvalue weighted by Crippen LogP contribution is 2.28. The molecule has 1 amide bonds. The summed E-state index contributed by atoms with van der Waals surface area (Å²) in [5, 5.41) is 11.8. The van der Waals surface area contributed by atoms with Crippen LogP contribution in [-0.4, -0.2) is 40.1 Å². The van der Waals surface area contributed by atoms with Crippen LogP contribution in [0.2, 0.25) is 10.0 Å². The number of amides is 1. The van der Waals surface area contributed by atoms with Crippen molar-refractivity contribution in [2.45, 2.75) is 9.79 Å². The second kappa shape index (κ2) is 9.63. The molecule has 0 heterocycles. The van der Waals surface area contributed by atoms with Gasteiger partial charge in [-0.25, -0.2) is 21.6 Å². The van der Waals surface area contributed by atoms with Gasteiger partial charge >= 0.3 is 5.97 Å². The van der Waals surface area contributed by atoms with Crippen LogP contribution in [0.1, 0.15) is 20.7 Å². The zero-order chi connectivity index (χ0) is 25.3. The molecule has 3 aromatic rings. The molecule has 0 saturated carbocycles. The lowest BCUT2D eigenvalue weighted by Gasteiger charge is -2.11. The largest absolute Gasteiger partial charge is 0.478 e. The molecule has 0 aliphatic heterocycles. The SMILES string of the molecule is CS(=O)(=O)Nc1ccc(S(=O)(=O)c2ccc(NC(=O)c3cc(Cl)c(Cl)cc3C(=O)O)cc2)cc1. The number of carbonyl (C=O) groups is 2. The molecule has 0 aliphatic carbocycles. The summed E-state index contributed by atoms with van der Waals surface area (Å²) in [7, 11) is -7.43. The maximum absolute atomic E-state index is 12.9. The number of aromatic carboxylic acids is 1. The first-order valence-electron chi connectivity index (χ1n) is 9.24. The monoisotopic (exact) mass is 542 g/mol. The number of sulfone groups is 1. The van der Waals surface area contributed by atoms with Crippen LogP contribution >= 0.6 is 23.2 Å². The van der Waals surface area contributed by atoms with E-state index in [1.165, 1.54) is 48.5 Å². The number of nitrogens with one attached hydrogen (secondary N) is 2. The van der Waals surface area contributed by atoms with Crippen molar-refractivity contribution in [2.75, 3.05) is 16.3 Å². The normalized spacial score (nSPS) is 11.6. The van der Waals surface area contributed by atoms with Crippen LogP contribution in [-0.2, 0) is 19.9 Å². The van der Waals surface area contributed by atoms with E-state index in [9.17, 15) is 31.5 Å². The lowest BCUT2D eigenvalue weighted by molar-refractivity contribution is 0.0692. The summed E-state index contributed by atoms with van der Waals surface area (Å²) in [6.45, 7) is 0. The van der Waals surface area contributed by atoms with Crippen LogP contribution in [0.25, 0.3) is 0 Å². The van der Waals surface area contributed by atoms with E-state index in [1.807, 2.05) is 0 Å². The predicted octanol–water partition coefficient (Wildman–Crippen LogP) is 4.15. The van der Waals surface area contributed by atoms with E-state index in [1.54, 1.807) is 0 Å². The smallest absolute Gasteiger partial charge is 0.336 e. The van der Waals surface area contributed by atoms with Crippen LogP contribution in [0.4, 0.5) is 11.4 Å². The van der Waals surface area contributed by atoms with E-state index in [0.29, 0.717) is 0 Å². The molecular formula is C21H16Cl2N2O7S2. The van der Waals surface area contributed by atoms with Gasteiger partial charge < -0.3 is 10.4 Å². The molecule has 0 radical (unpaired) electrons. The molecule has 0 fully saturated rings. The van der Waals surface area contributed by atoms with Gasteiger partial charge in [0.25, 0.3) is 5.91 Å². The maximum Gasteiger partial charge on any atom is 0.336 e. The Morgan fingerprint density at radius 1 is 0.765 bits per heavy atom. The number of halogens is 2. The Labute approximate surface area is 205 Å². The van der Waals surface area contributed by atoms with Crippen LogP contribution in [0.5, 0.6) is 0 Å². The minimum absolute atomic E-state index is 0.00369. The number of hydrogen-bond donors (Lipinski definition) is 3. The van der Waals surface area contributed by atoms with Crippen LogP contribution in [0.15, 0.2) is 70.5 Å². The molecule has 0 aromatic heterocycles. The zero-order valence-electron chi connectivity index (χ0n) is 17.2. The van der Waals surface area contributed by atoms with Crippen molar-refractivity contribution in [3.63, 3.8) is 0 Å². The highest BCUT2D eigenvalue weighted by Gasteiger charge is 2.21. The minimum Gasteiger partial charge on any atom is -0.478 e. The summed E-state index contributed by atoms with van der Waals surface area (Å²) < 4.78 is 50.5. The van der Waals surface area contributed by atoms with Crippen molar-refractivity contribution in [1.29, 1.82) is 0 Å². The van der Waals surface area contributed by atoms with E-state index in [4.69, 9.17) is 23.2 Å². The Morgan fingerprint density at radius 2 is 1.21 bits per heavy atom. The number of benzene rings is 3. The topological polar surface area (TPSA) is 147 Å². The number of carboxylic acids is 1. The predicted molar refractivity (Wildman–Crippen MR) is 128 cm³/mol. The van der Waals surface area contributed by atoms with E-state index in [0.717, 1.165) is 18.4 Å². The minimum atomic E-state index is -3.92. The van der Waals surface area contributed by atoms with E-state index >= 15 is 0 Å². The van der Waals surface area contributed by atoms with Crippen LogP contribution < -0.4 is 10.0 Å². The fraction of sp³-hybridized carbons (Fsp3) is 0.0476. The quantitative estimate of drug-likeness (QED) is 0.406. The third-order valence-electron chi connectivity index (χ3n) is 4.43. The van der Waals surface area contributed by atoms with Crippen molar-refractivity contribution < 1.29 is 31.5 Å². The number of rotatable bonds is 7. The molecule has 0 spiro atoms. The number of anilines is 2. The summed E-state index contributed by atoms with van der Waals surface area (Å²) in [4.78, 5) is 23.9. The molecular weight excluding hydrogens is 527 g/mol. The molecule has 178 valence electrons. The van der Waals surface area contributed by atoms with E-state index in [2.05, 4.69) is 10.0 Å². The highest BCUT2D eigenvalue weighted by atomic mass is 35.5. The zero-order valence-corrected chi connectivity index (χ0v) is 20.4. The summed E-state index contributed by atoms with van der Waals surface area (Å²) in [6, 6.07) is 12.6. The van der Waals surface area contributed by atoms with E-state index in [-0.39, 0.29) is 42.3 Å². The average molecular weight is 543 g/mol. The molecule has 3 rings (SSSR count). The second-order valence-electron chi connectivity index (χ2n) is 7.00. The van der Waals surface area contributed by atoms with Gasteiger partial charge in [0.15, 0.2) is 0 Å². The molecule has 3 N–H and O–H groups in total. The molecule has 0 bridgehead atoms. The molecule has 0 aliphatic rings. The Kier molecular flexibility index (Phi) is 7.22. The van der Waals surface area contributed by atoms with Gasteiger partial charge in [0.2, 0.25) is 19.9 Å². The summed E-state index contributed by atoms with van der Waals surface area (Å²) >= 11 is 11.7.